The molecule has 0 radical (unpaired) electrons. The molecule has 0 amide bonds. The van der Waals surface area contributed by atoms with Crippen molar-refractivity contribution in [1.29, 1.82) is 0 Å². The van der Waals surface area contributed by atoms with Crippen LogP contribution < -0.4 is 15.8 Å². The summed E-state index contributed by atoms with van der Waals surface area (Å²) >= 11 is 0. The normalized spacial score (nSPS) is 20.5. The molecule has 8 heteroatoms. The first-order chi connectivity index (χ1) is 13.6. The molecule has 0 aromatic carbocycles. The SMILES string of the molecule is Cc1nc(N2CCC(C)CC2)ncc1-c1cc(=O)[nH]c(NC[C@@H]2CCCO2)n1. The van der Waals surface area contributed by atoms with Crippen molar-refractivity contribution in [1.82, 2.24) is 19.9 Å². The van der Waals surface area contributed by atoms with Crippen LogP contribution in [0.2, 0.25) is 0 Å². The first-order valence-corrected chi connectivity index (χ1v) is 10.1. The summed E-state index contributed by atoms with van der Waals surface area (Å²) in [5, 5.41) is 3.18. The Labute approximate surface area is 164 Å². The second kappa shape index (κ2) is 8.26. The highest BCUT2D eigenvalue weighted by molar-refractivity contribution is 5.62. The van der Waals surface area contributed by atoms with Gasteiger partial charge >= 0.3 is 0 Å². The van der Waals surface area contributed by atoms with E-state index in [1.54, 1.807) is 6.20 Å². The van der Waals surface area contributed by atoms with Gasteiger partial charge in [-0.05, 0) is 38.5 Å². The second-order valence-corrected chi connectivity index (χ2v) is 7.83. The monoisotopic (exact) mass is 384 g/mol. The van der Waals surface area contributed by atoms with Gasteiger partial charge in [0.05, 0.1) is 17.5 Å². The summed E-state index contributed by atoms with van der Waals surface area (Å²) in [4.78, 5) is 30.9. The standard InChI is InChI=1S/C20H28N6O2/c1-13-5-7-26(8-6-13)20-22-12-16(14(2)23-20)17-10-18(27)25-19(24-17)21-11-15-4-3-9-28-15/h10,12-13,15H,3-9,11H2,1-2H3,(H2,21,24,25,27)/t15-/m0/s1. The van der Waals surface area contributed by atoms with Crippen LogP contribution in [0.3, 0.4) is 0 Å². The molecule has 0 saturated carbocycles. The van der Waals surface area contributed by atoms with Crippen molar-refractivity contribution in [2.75, 3.05) is 36.5 Å². The molecular formula is C20H28N6O2. The quantitative estimate of drug-likeness (QED) is 0.817. The molecule has 2 aromatic heterocycles. The molecule has 2 aliphatic heterocycles. The molecule has 0 bridgehead atoms. The number of nitrogens with zero attached hydrogens (tertiary/aromatic N) is 4. The van der Waals surface area contributed by atoms with Gasteiger partial charge in [0.1, 0.15) is 0 Å². The maximum Gasteiger partial charge on any atom is 0.252 e. The van der Waals surface area contributed by atoms with Crippen LogP contribution in [0.15, 0.2) is 17.1 Å². The number of anilines is 2. The summed E-state index contributed by atoms with van der Waals surface area (Å²) in [6.45, 7) is 7.63. The Balaban J connectivity index is 1.52. The largest absolute Gasteiger partial charge is 0.376 e. The summed E-state index contributed by atoms with van der Waals surface area (Å²) < 4.78 is 5.61. The molecule has 0 unspecified atom stereocenters. The van der Waals surface area contributed by atoms with Crippen molar-refractivity contribution in [3.63, 3.8) is 0 Å². The van der Waals surface area contributed by atoms with Gasteiger partial charge in [0.15, 0.2) is 0 Å². The Hall–Kier alpha value is -2.48. The fourth-order valence-electron chi connectivity index (χ4n) is 3.76. The number of aromatic nitrogens is 4. The summed E-state index contributed by atoms with van der Waals surface area (Å²) in [5.41, 5.74) is 1.98. The highest BCUT2D eigenvalue weighted by Gasteiger charge is 2.19. The van der Waals surface area contributed by atoms with E-state index in [-0.39, 0.29) is 11.7 Å². The van der Waals surface area contributed by atoms with E-state index in [4.69, 9.17) is 4.74 Å². The second-order valence-electron chi connectivity index (χ2n) is 7.83. The molecule has 0 spiro atoms. The predicted octanol–water partition coefficient (Wildman–Crippen LogP) is 2.36. The number of hydrogen-bond acceptors (Lipinski definition) is 7. The molecule has 0 aliphatic carbocycles. The maximum atomic E-state index is 12.1. The van der Waals surface area contributed by atoms with Crippen LogP contribution in [0, 0.1) is 12.8 Å². The van der Waals surface area contributed by atoms with Crippen molar-refractivity contribution in [2.45, 2.75) is 45.6 Å². The molecule has 4 heterocycles. The van der Waals surface area contributed by atoms with E-state index in [0.29, 0.717) is 18.2 Å². The number of H-pyrrole nitrogens is 1. The Bertz CT molecular complexity index is 869. The van der Waals surface area contributed by atoms with Gasteiger partial charge < -0.3 is 15.0 Å². The first kappa shape index (κ1) is 18.9. The summed E-state index contributed by atoms with van der Waals surface area (Å²) in [5.74, 6) is 1.97. The Morgan fingerprint density at radius 2 is 2.11 bits per heavy atom. The fourth-order valence-corrected chi connectivity index (χ4v) is 3.76. The third kappa shape index (κ3) is 4.32. The highest BCUT2D eigenvalue weighted by atomic mass is 16.5. The van der Waals surface area contributed by atoms with Crippen LogP contribution in [0.5, 0.6) is 0 Å². The van der Waals surface area contributed by atoms with Crippen LogP contribution in [-0.2, 0) is 4.74 Å². The number of ether oxygens (including phenoxy) is 1. The van der Waals surface area contributed by atoms with Crippen LogP contribution in [0.25, 0.3) is 11.3 Å². The number of nitrogens with one attached hydrogen (secondary N) is 2. The molecule has 2 aromatic rings. The number of rotatable bonds is 5. The van der Waals surface area contributed by atoms with E-state index >= 15 is 0 Å². The van der Waals surface area contributed by atoms with Crippen LogP contribution in [0.4, 0.5) is 11.9 Å². The molecule has 4 rings (SSSR count). The zero-order valence-corrected chi connectivity index (χ0v) is 16.6. The zero-order chi connectivity index (χ0) is 19.5. The summed E-state index contributed by atoms with van der Waals surface area (Å²) in [6.07, 6.45) is 6.39. The lowest BCUT2D eigenvalue weighted by Crippen LogP contribution is -2.34. The van der Waals surface area contributed by atoms with E-state index < -0.39 is 0 Å². The van der Waals surface area contributed by atoms with Crippen molar-refractivity contribution in [3.05, 3.63) is 28.3 Å². The Kier molecular flexibility index (Phi) is 5.57. The molecule has 1 atom stereocenters. The molecule has 2 N–H and O–H groups in total. The van der Waals surface area contributed by atoms with Crippen molar-refractivity contribution < 1.29 is 4.74 Å². The number of piperidine rings is 1. The third-order valence-corrected chi connectivity index (χ3v) is 5.57. The lowest BCUT2D eigenvalue weighted by molar-refractivity contribution is 0.120. The molecule has 28 heavy (non-hydrogen) atoms. The average molecular weight is 384 g/mol. The van der Waals surface area contributed by atoms with Gasteiger partial charge in [-0.1, -0.05) is 6.92 Å². The third-order valence-electron chi connectivity index (χ3n) is 5.57. The molecule has 150 valence electrons. The molecule has 2 aliphatic rings. The van der Waals surface area contributed by atoms with E-state index in [0.717, 1.165) is 55.7 Å². The van der Waals surface area contributed by atoms with Crippen molar-refractivity contribution >= 4 is 11.9 Å². The highest BCUT2D eigenvalue weighted by Crippen LogP contribution is 2.24. The fraction of sp³-hybridized carbons (Fsp3) is 0.600. The number of hydrogen-bond donors (Lipinski definition) is 2. The molecular weight excluding hydrogens is 356 g/mol. The predicted molar refractivity (Wildman–Crippen MR) is 109 cm³/mol. The van der Waals surface area contributed by atoms with Crippen LogP contribution in [-0.4, -0.2) is 52.3 Å². The van der Waals surface area contributed by atoms with Crippen molar-refractivity contribution in [2.24, 2.45) is 5.92 Å². The molecule has 8 nitrogen and oxygen atoms in total. The van der Waals surface area contributed by atoms with Gasteiger partial charge in [0.25, 0.3) is 5.56 Å². The van der Waals surface area contributed by atoms with E-state index in [9.17, 15) is 4.79 Å². The Morgan fingerprint density at radius 1 is 1.29 bits per heavy atom. The van der Waals surface area contributed by atoms with Gasteiger partial charge in [0, 0.05) is 44.1 Å². The summed E-state index contributed by atoms with van der Waals surface area (Å²) in [7, 11) is 0. The van der Waals surface area contributed by atoms with Gasteiger partial charge in [-0.2, -0.15) is 0 Å². The minimum Gasteiger partial charge on any atom is -0.376 e. The number of aryl methyl sites for hydroxylation is 1. The zero-order valence-electron chi connectivity index (χ0n) is 16.6. The minimum absolute atomic E-state index is 0.172. The van der Waals surface area contributed by atoms with Gasteiger partial charge in [-0.3, -0.25) is 9.78 Å². The Morgan fingerprint density at radius 3 is 2.82 bits per heavy atom. The van der Waals surface area contributed by atoms with E-state index in [1.807, 2.05) is 6.92 Å². The average Bonchev–Trinajstić information content (AvgIpc) is 3.20. The van der Waals surface area contributed by atoms with Gasteiger partial charge in [-0.25, -0.2) is 15.0 Å². The number of aromatic amines is 1. The maximum absolute atomic E-state index is 12.1. The first-order valence-electron chi connectivity index (χ1n) is 10.1. The van der Waals surface area contributed by atoms with Gasteiger partial charge in [0.2, 0.25) is 11.9 Å². The topological polar surface area (TPSA) is 96.0 Å². The molecule has 2 saturated heterocycles. The van der Waals surface area contributed by atoms with Gasteiger partial charge in [-0.15, -0.1) is 0 Å². The van der Waals surface area contributed by atoms with E-state index in [1.165, 1.54) is 18.9 Å². The lowest BCUT2D eigenvalue weighted by atomic mass is 10.00. The molecule has 2 fully saturated rings. The van der Waals surface area contributed by atoms with Crippen LogP contribution in [0.1, 0.15) is 38.3 Å². The summed E-state index contributed by atoms with van der Waals surface area (Å²) in [6, 6.07) is 1.49. The smallest absolute Gasteiger partial charge is 0.252 e. The van der Waals surface area contributed by atoms with Crippen molar-refractivity contribution in [3.8, 4) is 11.3 Å². The lowest BCUT2D eigenvalue weighted by Gasteiger charge is -2.30. The van der Waals surface area contributed by atoms with Crippen LogP contribution >= 0.6 is 0 Å². The minimum atomic E-state index is -0.201. The van der Waals surface area contributed by atoms with E-state index in [2.05, 4.69) is 37.1 Å².